The molecule has 660 valence electrons. The lowest BCUT2D eigenvalue weighted by molar-refractivity contribution is -0.132. The molecule has 2 aromatic heterocycles. The van der Waals surface area contributed by atoms with Crippen LogP contribution in [-0.4, -0.2) is 185 Å². The number of likely N-dealkylation sites (tertiary alicyclic amines) is 1. The number of unbranched alkanes of at least 4 members (excludes halogenated alkanes) is 1. The van der Waals surface area contributed by atoms with Gasteiger partial charge in [-0.25, -0.2) is 38.7 Å². The molecule has 3 atom stereocenters. The van der Waals surface area contributed by atoms with Crippen molar-refractivity contribution in [3.63, 3.8) is 0 Å². The van der Waals surface area contributed by atoms with Gasteiger partial charge in [-0.15, -0.1) is 0 Å². The van der Waals surface area contributed by atoms with Crippen LogP contribution < -0.4 is 38.1 Å². The van der Waals surface area contributed by atoms with Crippen LogP contribution in [0.1, 0.15) is 96.5 Å². The lowest BCUT2D eigenvalue weighted by Crippen LogP contribution is -2.52. The molecule has 1 saturated heterocycles. The second-order valence-electron chi connectivity index (χ2n) is 32.6. The second kappa shape index (κ2) is 39.2. The highest BCUT2D eigenvalue weighted by atomic mass is 19.1. The van der Waals surface area contributed by atoms with Crippen molar-refractivity contribution in [2.45, 2.75) is 86.7 Å². The van der Waals surface area contributed by atoms with Crippen molar-refractivity contribution < 1.29 is 42.2 Å². The van der Waals surface area contributed by atoms with Gasteiger partial charge in [-0.2, -0.15) is 5.26 Å². The molecule has 27 nitrogen and oxygen atoms in total. The van der Waals surface area contributed by atoms with Crippen molar-refractivity contribution in [3.8, 4) is 51.1 Å². The van der Waals surface area contributed by atoms with E-state index in [-0.39, 0.29) is 65.2 Å². The normalized spacial score (nSPS) is 19.2. The quantitative estimate of drug-likeness (QED) is 0.0443. The first-order chi connectivity index (χ1) is 61.9. The van der Waals surface area contributed by atoms with Crippen molar-refractivity contribution >= 4 is 59.3 Å². The van der Waals surface area contributed by atoms with Crippen LogP contribution in [0.25, 0.3) is 33.4 Å². The maximum Gasteiger partial charge on any atom is 0.266 e. The topological polar surface area (TPSA) is 368 Å². The maximum atomic E-state index is 14.4. The number of pyridine rings is 2. The van der Waals surface area contributed by atoms with Gasteiger partial charge in [-0.3, -0.25) is 58.4 Å². The SMILES string of the molecule is CN(C)CCCCN1C(=O)C(c2ccccc2)(c2ccccc2)N=C1N.CN1C(=O)C(C)(c2cccc(-c3cncc(C#N)c3)c2)N=C1N.COc1cccc(-c2cc(C3(C)N=C(N)N(C)C3=O)ccc2F)c1.COc1ncc(-c2cccc(C3(C)N=C(N)N(C)C3=O)c2)cc1F.NC1=NC(c2ccccc2)(c2ccccc2)C(=O)N1C1CCN(Cc2ccccc2)CC1. The summed E-state index contributed by atoms with van der Waals surface area (Å²) in [6.07, 6.45) is 8.37. The lowest BCUT2D eigenvalue weighted by atomic mass is 9.82. The Hall–Kier alpha value is -15.2. The molecule has 1 fully saturated rings. The van der Waals surface area contributed by atoms with Gasteiger partial charge in [-0.05, 0) is 177 Å². The Morgan fingerprint density at radius 1 is 0.442 bits per heavy atom. The fourth-order valence-electron chi connectivity index (χ4n) is 16.5. The summed E-state index contributed by atoms with van der Waals surface area (Å²) in [5.74, 6) is 0.0282. The van der Waals surface area contributed by atoms with Crippen LogP contribution in [0, 0.1) is 23.0 Å². The van der Waals surface area contributed by atoms with Crippen molar-refractivity contribution in [3.05, 3.63) is 335 Å². The van der Waals surface area contributed by atoms with E-state index in [0.717, 1.165) is 96.4 Å². The average Bonchev–Trinajstić information content (AvgIpc) is 1.58. The summed E-state index contributed by atoms with van der Waals surface area (Å²) in [4.78, 5) is 107. The Balaban J connectivity index is 0.000000138. The molecule has 8 heterocycles. The highest BCUT2D eigenvalue weighted by Gasteiger charge is 2.54. The molecular formula is C100H104F2N20O7. The molecule has 17 rings (SSSR count). The summed E-state index contributed by atoms with van der Waals surface area (Å²) in [5.41, 5.74) is 35.7. The van der Waals surface area contributed by atoms with E-state index in [1.165, 1.54) is 51.9 Å². The fourth-order valence-corrected chi connectivity index (χ4v) is 16.5. The van der Waals surface area contributed by atoms with Crippen LogP contribution in [-0.2, 0) is 58.2 Å². The number of nitrogens with two attached hydrogens (primary N) is 5. The molecule has 0 bridgehead atoms. The molecule has 0 saturated carbocycles. The number of guanidine groups is 5. The number of hydrogen-bond donors (Lipinski definition) is 5. The summed E-state index contributed by atoms with van der Waals surface area (Å²) in [5, 5.41) is 9.00. The number of piperidine rings is 1. The van der Waals surface area contributed by atoms with Gasteiger partial charge in [0.1, 0.15) is 17.6 Å². The number of benzene rings is 9. The summed E-state index contributed by atoms with van der Waals surface area (Å²) in [6, 6.07) is 81.0. The number of nitrogens with zero attached hydrogens (tertiary/aromatic N) is 15. The molecule has 6 aliphatic heterocycles. The Morgan fingerprint density at radius 2 is 0.884 bits per heavy atom. The van der Waals surface area contributed by atoms with Gasteiger partial charge in [0.15, 0.2) is 63.3 Å². The van der Waals surface area contributed by atoms with Gasteiger partial charge >= 0.3 is 0 Å². The predicted octanol–water partition coefficient (Wildman–Crippen LogP) is 12.2. The summed E-state index contributed by atoms with van der Waals surface area (Å²) in [7, 11) is 11.8. The number of likely N-dealkylation sites (N-methyl/N-ethyl adjacent to an activating group) is 3. The van der Waals surface area contributed by atoms with Crippen molar-refractivity contribution in [1.29, 1.82) is 5.26 Å². The monoisotopic (exact) mass is 1730 g/mol. The number of carbonyl (C=O) groups is 5. The predicted molar refractivity (Wildman–Crippen MR) is 496 cm³/mol. The van der Waals surface area contributed by atoms with Crippen LogP contribution in [0.2, 0.25) is 0 Å². The maximum absolute atomic E-state index is 14.4. The lowest BCUT2D eigenvalue weighted by Gasteiger charge is -2.37. The average molecular weight is 1740 g/mol. The minimum atomic E-state index is -1.15. The summed E-state index contributed by atoms with van der Waals surface area (Å²) < 4.78 is 38.3. The minimum absolute atomic E-state index is 0.0473. The Kier molecular flexibility index (Phi) is 27.8. The third-order valence-corrected chi connectivity index (χ3v) is 23.8. The first-order valence-electron chi connectivity index (χ1n) is 42.0. The number of ether oxygens (including phenoxy) is 2. The first-order valence-corrected chi connectivity index (χ1v) is 42.0. The van der Waals surface area contributed by atoms with Crippen LogP contribution >= 0.6 is 0 Å². The molecule has 11 aromatic rings. The molecule has 3 unspecified atom stereocenters. The number of rotatable bonds is 20. The van der Waals surface area contributed by atoms with Gasteiger partial charge in [0.25, 0.3) is 29.5 Å². The number of aromatic nitrogens is 2. The number of aliphatic imine (C=N–C) groups is 5. The van der Waals surface area contributed by atoms with Gasteiger partial charge in [-0.1, -0.05) is 206 Å². The third kappa shape index (κ3) is 18.9. The smallest absolute Gasteiger partial charge is 0.266 e. The van der Waals surface area contributed by atoms with E-state index < -0.39 is 33.5 Å². The zero-order valence-electron chi connectivity index (χ0n) is 73.6. The highest BCUT2D eigenvalue weighted by Crippen LogP contribution is 2.44. The molecule has 5 amide bonds. The van der Waals surface area contributed by atoms with Gasteiger partial charge < -0.3 is 43.0 Å². The number of nitriles is 1. The van der Waals surface area contributed by atoms with E-state index in [4.69, 9.17) is 53.4 Å². The Morgan fingerprint density at radius 3 is 1.33 bits per heavy atom. The van der Waals surface area contributed by atoms with Crippen LogP contribution in [0.3, 0.4) is 0 Å². The zero-order chi connectivity index (χ0) is 92.1. The van der Waals surface area contributed by atoms with E-state index in [2.05, 4.69) is 65.1 Å². The van der Waals surface area contributed by atoms with E-state index in [0.29, 0.717) is 57.6 Å². The third-order valence-electron chi connectivity index (χ3n) is 23.8. The fraction of sp³-hybridized carbons (Fsp3) is 0.250. The van der Waals surface area contributed by atoms with Gasteiger partial charge in [0.2, 0.25) is 5.88 Å². The molecule has 6 aliphatic rings. The van der Waals surface area contributed by atoms with Crippen LogP contribution in [0.4, 0.5) is 8.78 Å². The Labute approximate surface area is 749 Å². The Bertz CT molecular complexity index is 6070. The van der Waals surface area contributed by atoms with Gasteiger partial charge in [0.05, 0.1) is 19.8 Å². The van der Waals surface area contributed by atoms with E-state index in [9.17, 15) is 32.8 Å². The van der Waals surface area contributed by atoms with Crippen molar-refractivity contribution in [2.24, 2.45) is 53.6 Å². The van der Waals surface area contributed by atoms with E-state index >= 15 is 0 Å². The number of carbonyl (C=O) groups excluding carboxylic acids is 5. The van der Waals surface area contributed by atoms with Crippen LogP contribution in [0.15, 0.2) is 298 Å². The molecule has 0 spiro atoms. The summed E-state index contributed by atoms with van der Waals surface area (Å²) in [6.45, 7) is 9.50. The number of halogens is 2. The van der Waals surface area contributed by atoms with E-state index in [1.807, 2.05) is 172 Å². The minimum Gasteiger partial charge on any atom is -0.497 e. The van der Waals surface area contributed by atoms with Crippen molar-refractivity contribution in [2.75, 3.05) is 75.6 Å². The summed E-state index contributed by atoms with van der Waals surface area (Å²) >= 11 is 0. The molecule has 10 N–H and O–H groups in total. The first kappa shape index (κ1) is 91.5. The standard InChI is InChI=1S/C27H28N4O.C21H26N4O.C18H18FN3O2.C17H17FN4O2.C17H15N5O/c28-26-29-27(22-12-6-2-7-13-22,23-14-8-3-9-15-23)25(32)31(26)24-16-18-30(19-17-24)20-21-10-4-1-5-11-21;1-24(2)15-9-10-16-25-19(26)21(23-20(25)22,17-11-5-3-6-12-17)18-13-7-4-8-14-18;1-18(16(23)22(2)17(20)21-18)12-7-8-15(19)14(10-12)11-5-4-6-13(9-11)24-3;1-17(15(23)22(2)16(19)21-17)12-6-4-5-10(7-12)11-8-13(18)14(24-3)20-9-11;1-17(15(23)22(2)16(19)21-17)14-5-3-4-12(7-14)13-6-11(8-18)9-20-10-13/h1-15,24H,16-20H2,(H2,28,29);3-8,11-14H,9-10,15-16H2,1-2H3,(H2,22,23);4-10H,1-3H3,(H2,20,21);4-9H,1-3H3,(H2,19,21);3-7,9-10H,1-2H3,(H2,19,21). The van der Waals surface area contributed by atoms with E-state index in [1.54, 1.807) is 126 Å². The number of hydrogen-bond acceptors (Lipinski definition) is 22. The molecule has 0 aliphatic carbocycles. The molecule has 9 aromatic carbocycles. The number of methoxy groups -OCH3 is 2. The zero-order valence-corrected chi connectivity index (χ0v) is 73.6. The van der Waals surface area contributed by atoms with Gasteiger partial charge in [0, 0.05) is 88.6 Å². The second-order valence-corrected chi connectivity index (χ2v) is 32.6. The van der Waals surface area contributed by atoms with Crippen LogP contribution in [0.5, 0.6) is 11.6 Å². The highest BCUT2D eigenvalue weighted by molar-refractivity contribution is 6.11. The molecule has 0 radical (unpaired) electrons. The van der Waals surface area contributed by atoms with Crippen molar-refractivity contribution in [1.82, 2.24) is 44.3 Å². The molecular weight excluding hydrogens is 1630 g/mol. The molecule has 29 heteroatoms. The largest absolute Gasteiger partial charge is 0.497 e. The number of amides is 5. The molecule has 129 heavy (non-hydrogen) atoms.